The van der Waals surface area contributed by atoms with Gasteiger partial charge in [0.2, 0.25) is 5.91 Å². The fourth-order valence-electron chi connectivity index (χ4n) is 3.78. The number of piperazine rings is 1. The number of benzene rings is 2. The van der Waals surface area contributed by atoms with E-state index in [4.69, 9.17) is 23.2 Å². The fourth-order valence-corrected chi connectivity index (χ4v) is 5.86. The number of hydrogen-bond acceptors (Lipinski definition) is 7. The Morgan fingerprint density at radius 2 is 1.71 bits per heavy atom. The second-order valence-electron chi connectivity index (χ2n) is 7.92. The minimum absolute atomic E-state index is 0. The zero-order chi connectivity index (χ0) is 24.8. The normalized spacial score (nSPS) is 16.1. The highest BCUT2D eigenvalue weighted by Crippen LogP contribution is 2.27. The lowest BCUT2D eigenvalue weighted by Crippen LogP contribution is -2.43. The van der Waals surface area contributed by atoms with Crippen molar-refractivity contribution in [1.82, 2.24) is 10.3 Å². The number of thiazole rings is 1. The minimum atomic E-state index is -3.64. The number of amides is 1. The third kappa shape index (κ3) is 6.65. The molecule has 2 saturated heterocycles. The van der Waals surface area contributed by atoms with E-state index < -0.39 is 10.0 Å². The summed E-state index contributed by atoms with van der Waals surface area (Å²) in [5.74, 6) is 0.0755. The average Bonchev–Trinajstić information content (AvgIpc) is 3.53. The predicted octanol–water partition coefficient (Wildman–Crippen LogP) is 4.97. The van der Waals surface area contributed by atoms with Crippen LogP contribution in [0.2, 0.25) is 10.0 Å². The van der Waals surface area contributed by atoms with Crippen LogP contribution in [-0.2, 0) is 14.8 Å². The molecule has 0 saturated carbocycles. The zero-order valence-corrected chi connectivity index (χ0v) is 21.9. The summed E-state index contributed by atoms with van der Waals surface area (Å²) in [6.45, 7) is 4.79. The Kier molecular flexibility index (Phi) is 8.51. The number of hydrogen-bond donors (Lipinski definition) is 2. The highest BCUT2D eigenvalue weighted by Gasteiger charge is 2.22. The van der Waals surface area contributed by atoms with Gasteiger partial charge in [0.1, 0.15) is 0 Å². The number of aromatic nitrogens is 1. The van der Waals surface area contributed by atoms with Crippen molar-refractivity contribution in [2.24, 2.45) is 0 Å². The lowest BCUT2D eigenvalue weighted by Gasteiger charge is -2.29. The van der Waals surface area contributed by atoms with Crippen LogP contribution >= 0.6 is 34.5 Å². The molecule has 2 aliphatic heterocycles. The monoisotopic (exact) mass is 557 g/mol. The third-order valence-corrected chi connectivity index (χ3v) is 8.48. The molecule has 3 aromatic rings. The van der Waals surface area contributed by atoms with Gasteiger partial charge in [0.05, 0.1) is 14.9 Å². The van der Waals surface area contributed by atoms with Crippen LogP contribution in [-0.4, -0.2) is 52.0 Å². The van der Waals surface area contributed by atoms with Crippen LogP contribution in [0.3, 0.4) is 0 Å². The van der Waals surface area contributed by atoms with Gasteiger partial charge in [0.15, 0.2) is 5.13 Å². The first kappa shape index (κ1) is 25.7. The van der Waals surface area contributed by atoms with Gasteiger partial charge in [0, 0.05) is 64.9 Å². The molecule has 2 N–H and O–H groups in total. The number of nitrogens with zero attached hydrogens (tertiary/aromatic N) is 3. The molecule has 0 unspecified atom stereocenters. The Morgan fingerprint density at radius 3 is 2.31 bits per heavy atom. The maximum atomic E-state index is 12.2. The van der Waals surface area contributed by atoms with Crippen molar-refractivity contribution in [3.8, 4) is 0 Å². The first-order chi connectivity index (χ1) is 16.8. The zero-order valence-electron chi connectivity index (χ0n) is 18.8. The van der Waals surface area contributed by atoms with E-state index in [0.29, 0.717) is 28.1 Å². The van der Waals surface area contributed by atoms with E-state index in [2.05, 4.69) is 19.9 Å². The minimum Gasteiger partial charge on any atom is -0.369 e. The Balaban J connectivity index is 0.000000265. The number of carbonyl (C=O) groups excluding carboxylic acids is 1. The van der Waals surface area contributed by atoms with Crippen LogP contribution in [0.15, 0.2) is 58.9 Å². The number of anilines is 3. The van der Waals surface area contributed by atoms with Crippen LogP contribution in [0.1, 0.15) is 15.7 Å². The molecule has 1 aromatic heterocycles. The first-order valence-corrected chi connectivity index (χ1v) is 14.2. The average molecular weight is 559 g/mol. The summed E-state index contributed by atoms with van der Waals surface area (Å²) < 4.78 is 26.8. The largest absolute Gasteiger partial charge is 0.369 e. The molecule has 0 atom stereocenters. The summed E-state index contributed by atoms with van der Waals surface area (Å²) in [6, 6.07) is 12.1. The van der Waals surface area contributed by atoms with E-state index in [1.165, 1.54) is 29.7 Å². The Hall–Kier alpha value is -2.37. The van der Waals surface area contributed by atoms with E-state index in [1.54, 1.807) is 22.4 Å². The second-order valence-corrected chi connectivity index (χ2v) is 11.3. The van der Waals surface area contributed by atoms with Crippen molar-refractivity contribution in [2.45, 2.75) is 17.7 Å². The summed E-state index contributed by atoms with van der Waals surface area (Å²) >= 11 is 13.0. The Bertz CT molecular complexity index is 1260. The molecule has 0 aliphatic carbocycles. The molecule has 0 bridgehead atoms. The van der Waals surface area contributed by atoms with Gasteiger partial charge >= 0.3 is 0 Å². The number of sulfonamides is 1. The molecule has 190 valence electrons. The number of nitrogens with one attached hydrogen (secondary N) is 2. The molecule has 3 heterocycles. The fraction of sp³-hybridized carbons (Fsp3) is 0.304. The Labute approximate surface area is 221 Å². The summed E-state index contributed by atoms with van der Waals surface area (Å²) in [5.41, 5.74) is 1.88. The molecule has 5 rings (SSSR count). The van der Waals surface area contributed by atoms with Crippen molar-refractivity contribution in [3.63, 3.8) is 0 Å². The molecule has 2 aromatic carbocycles. The maximum absolute atomic E-state index is 12.2. The van der Waals surface area contributed by atoms with Gasteiger partial charge in [-0.3, -0.25) is 9.52 Å². The van der Waals surface area contributed by atoms with Gasteiger partial charge in [-0.15, -0.1) is 11.3 Å². The van der Waals surface area contributed by atoms with Crippen molar-refractivity contribution in [1.29, 1.82) is 0 Å². The van der Waals surface area contributed by atoms with Gasteiger partial charge < -0.3 is 15.1 Å². The van der Waals surface area contributed by atoms with Gasteiger partial charge in [-0.05, 0) is 48.9 Å². The molecule has 2 aliphatic rings. The Morgan fingerprint density at radius 1 is 1.00 bits per heavy atom. The molecule has 2 fully saturated rings. The summed E-state index contributed by atoms with van der Waals surface area (Å²) in [7, 11) is -3.64. The van der Waals surface area contributed by atoms with Crippen molar-refractivity contribution < 1.29 is 16.1 Å². The van der Waals surface area contributed by atoms with Gasteiger partial charge in [-0.1, -0.05) is 23.2 Å². The molecule has 12 heteroatoms. The van der Waals surface area contributed by atoms with Crippen molar-refractivity contribution in [2.75, 3.05) is 47.2 Å². The molecule has 0 spiro atoms. The SMILES string of the molecule is Clc1ccc(N2CCNCC2)cc1Cl.O=C1CCCN1c1ccc(S(=O)(=O)Nc2nccs2)cc1.[HH].[HH]. The third-order valence-electron chi connectivity index (χ3n) is 5.57. The molecular weight excluding hydrogens is 529 g/mol. The molecular formula is C23H29Cl2N5O3S2. The highest BCUT2D eigenvalue weighted by molar-refractivity contribution is 7.93. The predicted molar refractivity (Wildman–Crippen MR) is 147 cm³/mol. The van der Waals surface area contributed by atoms with Gasteiger partial charge in [-0.2, -0.15) is 0 Å². The topological polar surface area (TPSA) is 94.6 Å². The maximum Gasteiger partial charge on any atom is 0.263 e. The van der Waals surface area contributed by atoms with Crippen LogP contribution < -0.4 is 19.8 Å². The number of carbonyl (C=O) groups is 1. The first-order valence-electron chi connectivity index (χ1n) is 11.1. The van der Waals surface area contributed by atoms with Crippen LogP contribution in [0.5, 0.6) is 0 Å². The van der Waals surface area contributed by atoms with Crippen LogP contribution in [0.25, 0.3) is 0 Å². The number of halogens is 2. The van der Waals surface area contributed by atoms with Crippen LogP contribution in [0.4, 0.5) is 16.5 Å². The lowest BCUT2D eigenvalue weighted by atomic mass is 10.2. The summed E-state index contributed by atoms with van der Waals surface area (Å²) in [4.78, 5) is 19.7. The standard InChI is InChI=1S/C13H13N3O3S2.C10H12Cl2N2.2H2/c17-12-2-1-8-16(12)10-3-5-11(6-4-10)21(18,19)15-13-14-7-9-20-13;11-9-2-1-8(7-10(9)12)14-5-3-13-4-6-14;;/h3-7,9H,1-2,8H2,(H,14,15);1-2,7,13H,3-6H2;2*1H. The second kappa shape index (κ2) is 11.6. The molecule has 0 radical (unpaired) electrons. The highest BCUT2D eigenvalue weighted by atomic mass is 35.5. The lowest BCUT2D eigenvalue weighted by molar-refractivity contribution is -0.117. The van der Waals surface area contributed by atoms with Crippen LogP contribution in [0, 0.1) is 0 Å². The van der Waals surface area contributed by atoms with Crippen molar-refractivity contribution >= 4 is 67.0 Å². The van der Waals surface area contributed by atoms with E-state index >= 15 is 0 Å². The summed E-state index contributed by atoms with van der Waals surface area (Å²) in [5, 5.41) is 6.58. The van der Waals surface area contributed by atoms with Gasteiger partial charge in [-0.25, -0.2) is 13.4 Å². The van der Waals surface area contributed by atoms with E-state index in [0.717, 1.165) is 44.0 Å². The smallest absolute Gasteiger partial charge is 0.263 e. The molecule has 35 heavy (non-hydrogen) atoms. The van der Waals surface area contributed by atoms with E-state index in [9.17, 15) is 13.2 Å². The van der Waals surface area contributed by atoms with Gasteiger partial charge in [0.25, 0.3) is 10.0 Å². The van der Waals surface area contributed by atoms with Crippen molar-refractivity contribution in [3.05, 3.63) is 64.1 Å². The quantitative estimate of drug-likeness (QED) is 0.460. The summed E-state index contributed by atoms with van der Waals surface area (Å²) in [6.07, 6.45) is 2.92. The number of rotatable bonds is 5. The molecule has 8 nitrogen and oxygen atoms in total. The molecule has 1 amide bonds. The van der Waals surface area contributed by atoms with E-state index in [-0.39, 0.29) is 13.7 Å². The van der Waals surface area contributed by atoms with E-state index in [1.807, 2.05) is 18.2 Å².